The Kier molecular flexibility index (Phi) is 5.44. The minimum atomic E-state index is -0.606. The Hall–Kier alpha value is -0.610. The van der Waals surface area contributed by atoms with E-state index in [0.29, 0.717) is 6.54 Å². The molecule has 1 unspecified atom stereocenters. The van der Waals surface area contributed by atoms with Crippen molar-refractivity contribution in [3.8, 4) is 0 Å². The highest BCUT2D eigenvalue weighted by molar-refractivity contribution is 5.81. The number of carbonyl (C=O) groups is 1. The molecule has 0 aromatic carbocycles. The van der Waals surface area contributed by atoms with Gasteiger partial charge in [0.1, 0.15) is 0 Å². The highest BCUT2D eigenvalue weighted by Gasteiger charge is 2.33. The molecule has 2 aliphatic rings. The summed E-state index contributed by atoms with van der Waals surface area (Å²) >= 11 is 0. The first-order valence-electron chi connectivity index (χ1n) is 8.28. The van der Waals surface area contributed by atoms with Crippen LogP contribution in [0.25, 0.3) is 0 Å². The van der Waals surface area contributed by atoms with Gasteiger partial charge in [0.2, 0.25) is 5.91 Å². The van der Waals surface area contributed by atoms with Gasteiger partial charge in [-0.15, -0.1) is 0 Å². The number of carbonyl (C=O) groups excluding carboxylic acids is 1. The molecular formula is C16H30N2O2. The van der Waals surface area contributed by atoms with E-state index in [1.807, 2.05) is 11.8 Å². The lowest BCUT2D eigenvalue weighted by atomic mass is 9.78. The molecule has 0 aromatic heterocycles. The smallest absolute Gasteiger partial charge is 0.239 e. The van der Waals surface area contributed by atoms with Crippen LogP contribution in [0.4, 0.5) is 0 Å². The molecule has 4 heteroatoms. The van der Waals surface area contributed by atoms with Gasteiger partial charge in [-0.25, -0.2) is 0 Å². The Bertz CT molecular complexity index is 318. The minimum absolute atomic E-state index is 0.180. The number of rotatable bonds is 5. The molecule has 116 valence electrons. The van der Waals surface area contributed by atoms with Gasteiger partial charge in [0.15, 0.2) is 0 Å². The number of amides is 1. The summed E-state index contributed by atoms with van der Waals surface area (Å²) in [6.07, 6.45) is 7.42. The van der Waals surface area contributed by atoms with E-state index < -0.39 is 5.60 Å². The zero-order valence-corrected chi connectivity index (χ0v) is 13.0. The monoisotopic (exact) mass is 282 g/mol. The molecule has 0 aromatic rings. The van der Waals surface area contributed by atoms with Crippen LogP contribution in [0.1, 0.15) is 58.8 Å². The fraction of sp³-hybridized carbons (Fsp3) is 0.938. The van der Waals surface area contributed by atoms with Crippen LogP contribution < -0.4 is 5.32 Å². The standard InChI is InChI=1S/C16H30N2O2/c1-3-14-6-8-16(20,9-7-14)12-17-13(2)15(19)18-10-4-5-11-18/h13-14,17,20H,3-12H2,1-2H3. The van der Waals surface area contributed by atoms with E-state index in [4.69, 9.17) is 0 Å². The molecule has 1 saturated carbocycles. The van der Waals surface area contributed by atoms with Crippen LogP contribution in [0.5, 0.6) is 0 Å². The Morgan fingerprint density at radius 2 is 1.95 bits per heavy atom. The summed E-state index contributed by atoms with van der Waals surface area (Å²) in [6.45, 7) is 6.48. The molecule has 1 aliphatic carbocycles. The van der Waals surface area contributed by atoms with Crippen molar-refractivity contribution >= 4 is 5.91 Å². The van der Waals surface area contributed by atoms with Crippen LogP contribution in [0.2, 0.25) is 0 Å². The SMILES string of the molecule is CCC1CCC(O)(CNC(C)C(=O)N2CCCC2)CC1. The van der Waals surface area contributed by atoms with E-state index in [2.05, 4.69) is 12.2 Å². The Balaban J connectivity index is 1.75. The number of hydrogen-bond donors (Lipinski definition) is 2. The lowest BCUT2D eigenvalue weighted by molar-refractivity contribution is -0.132. The van der Waals surface area contributed by atoms with Gasteiger partial charge >= 0.3 is 0 Å². The highest BCUT2D eigenvalue weighted by Crippen LogP contribution is 2.33. The summed E-state index contributed by atoms with van der Waals surface area (Å²) in [6, 6.07) is -0.180. The minimum Gasteiger partial charge on any atom is -0.389 e. The summed E-state index contributed by atoms with van der Waals surface area (Å²) in [5.41, 5.74) is -0.606. The Morgan fingerprint density at radius 3 is 2.50 bits per heavy atom. The maximum atomic E-state index is 12.2. The van der Waals surface area contributed by atoms with Crippen LogP contribution in [0, 0.1) is 5.92 Å². The molecule has 1 heterocycles. The van der Waals surface area contributed by atoms with E-state index in [1.54, 1.807) is 0 Å². The van der Waals surface area contributed by atoms with Gasteiger partial charge in [0.25, 0.3) is 0 Å². The van der Waals surface area contributed by atoms with Crippen molar-refractivity contribution in [3.05, 3.63) is 0 Å². The molecule has 2 N–H and O–H groups in total. The van der Waals surface area contributed by atoms with Gasteiger partial charge in [-0.2, -0.15) is 0 Å². The zero-order valence-electron chi connectivity index (χ0n) is 13.0. The van der Waals surface area contributed by atoms with Crippen molar-refractivity contribution in [3.63, 3.8) is 0 Å². The molecule has 2 rings (SSSR count). The summed E-state index contributed by atoms with van der Waals surface area (Å²) < 4.78 is 0. The lowest BCUT2D eigenvalue weighted by Gasteiger charge is -2.36. The third-order valence-electron chi connectivity index (χ3n) is 5.14. The molecule has 0 radical (unpaired) electrons. The first-order valence-corrected chi connectivity index (χ1v) is 8.28. The van der Waals surface area contributed by atoms with Crippen molar-refractivity contribution in [2.75, 3.05) is 19.6 Å². The van der Waals surface area contributed by atoms with Gasteiger partial charge in [0, 0.05) is 19.6 Å². The van der Waals surface area contributed by atoms with Crippen LogP contribution in [-0.2, 0) is 4.79 Å². The quantitative estimate of drug-likeness (QED) is 0.810. The van der Waals surface area contributed by atoms with E-state index in [1.165, 1.54) is 6.42 Å². The number of nitrogens with one attached hydrogen (secondary N) is 1. The molecule has 1 aliphatic heterocycles. The number of aliphatic hydroxyl groups is 1. The number of hydrogen-bond acceptors (Lipinski definition) is 3. The molecule has 0 spiro atoms. The van der Waals surface area contributed by atoms with Crippen LogP contribution in [-0.4, -0.2) is 47.2 Å². The maximum Gasteiger partial charge on any atom is 0.239 e. The third kappa shape index (κ3) is 3.95. The van der Waals surface area contributed by atoms with Gasteiger partial charge in [-0.1, -0.05) is 13.3 Å². The Labute approximate surface area is 122 Å². The average Bonchev–Trinajstić information content (AvgIpc) is 2.99. The largest absolute Gasteiger partial charge is 0.389 e. The molecule has 4 nitrogen and oxygen atoms in total. The first-order chi connectivity index (χ1) is 9.54. The molecule has 20 heavy (non-hydrogen) atoms. The molecule has 0 bridgehead atoms. The molecule has 2 fully saturated rings. The first kappa shape index (κ1) is 15.8. The normalized spacial score (nSPS) is 32.4. The lowest BCUT2D eigenvalue weighted by Crippen LogP contribution is -2.50. The van der Waals surface area contributed by atoms with Gasteiger partial charge < -0.3 is 15.3 Å². The fourth-order valence-electron chi connectivity index (χ4n) is 3.44. The van der Waals surface area contributed by atoms with Gasteiger partial charge in [-0.3, -0.25) is 4.79 Å². The maximum absolute atomic E-state index is 12.2. The third-order valence-corrected chi connectivity index (χ3v) is 5.14. The van der Waals surface area contributed by atoms with Crippen LogP contribution in [0.15, 0.2) is 0 Å². The molecule has 1 atom stereocenters. The van der Waals surface area contributed by atoms with Crippen molar-refractivity contribution in [2.24, 2.45) is 5.92 Å². The summed E-state index contributed by atoms with van der Waals surface area (Å²) in [7, 11) is 0. The van der Waals surface area contributed by atoms with Crippen molar-refractivity contribution < 1.29 is 9.90 Å². The average molecular weight is 282 g/mol. The summed E-state index contributed by atoms with van der Waals surface area (Å²) in [5, 5.41) is 13.9. The summed E-state index contributed by atoms with van der Waals surface area (Å²) in [5.74, 6) is 0.965. The van der Waals surface area contributed by atoms with E-state index >= 15 is 0 Å². The van der Waals surface area contributed by atoms with Crippen LogP contribution in [0.3, 0.4) is 0 Å². The molecule has 1 saturated heterocycles. The van der Waals surface area contributed by atoms with Crippen molar-refractivity contribution in [1.82, 2.24) is 10.2 Å². The predicted octanol–water partition coefficient (Wildman–Crippen LogP) is 1.92. The van der Waals surface area contributed by atoms with E-state index in [-0.39, 0.29) is 11.9 Å². The zero-order chi connectivity index (χ0) is 14.6. The topological polar surface area (TPSA) is 52.6 Å². The fourth-order valence-corrected chi connectivity index (χ4v) is 3.44. The number of likely N-dealkylation sites (tertiary alicyclic amines) is 1. The second-order valence-electron chi connectivity index (χ2n) is 6.71. The predicted molar refractivity (Wildman–Crippen MR) is 80.5 cm³/mol. The second kappa shape index (κ2) is 6.90. The van der Waals surface area contributed by atoms with E-state index in [9.17, 15) is 9.90 Å². The number of nitrogens with zero attached hydrogens (tertiary/aromatic N) is 1. The second-order valence-corrected chi connectivity index (χ2v) is 6.71. The molecule has 1 amide bonds. The van der Waals surface area contributed by atoms with E-state index in [0.717, 1.165) is 57.5 Å². The van der Waals surface area contributed by atoms with Gasteiger partial charge in [-0.05, 0) is 51.4 Å². The Morgan fingerprint density at radius 1 is 1.35 bits per heavy atom. The van der Waals surface area contributed by atoms with Crippen molar-refractivity contribution in [1.29, 1.82) is 0 Å². The van der Waals surface area contributed by atoms with Gasteiger partial charge in [0.05, 0.1) is 11.6 Å². The van der Waals surface area contributed by atoms with Crippen LogP contribution >= 0.6 is 0 Å². The summed E-state index contributed by atoms with van der Waals surface area (Å²) in [4.78, 5) is 14.1. The van der Waals surface area contributed by atoms with Crippen molar-refractivity contribution in [2.45, 2.75) is 70.4 Å². The highest BCUT2D eigenvalue weighted by atomic mass is 16.3. The molecular weight excluding hydrogens is 252 g/mol.